The van der Waals surface area contributed by atoms with E-state index >= 15 is 0 Å². The van der Waals surface area contributed by atoms with E-state index < -0.39 is 0 Å². The number of hydrogen-bond donors (Lipinski definition) is 3. The predicted molar refractivity (Wildman–Crippen MR) is 102 cm³/mol. The van der Waals surface area contributed by atoms with Crippen molar-refractivity contribution in [2.45, 2.75) is 51.0 Å². The molecule has 2 saturated carbocycles. The number of nitrogens with one attached hydrogen (secondary N) is 3. The highest BCUT2D eigenvalue weighted by Crippen LogP contribution is 2.40. The summed E-state index contributed by atoms with van der Waals surface area (Å²) in [4.78, 5) is 24.1. The highest BCUT2D eigenvalue weighted by molar-refractivity contribution is 5.91. The number of amides is 1. The van der Waals surface area contributed by atoms with Crippen LogP contribution in [0.15, 0.2) is 23.6 Å². The molecular formula is C19H30N6O. The van der Waals surface area contributed by atoms with Crippen LogP contribution in [-0.4, -0.2) is 48.0 Å². The molecule has 1 heterocycles. The van der Waals surface area contributed by atoms with Crippen LogP contribution in [0.2, 0.25) is 0 Å². The maximum atomic E-state index is 11.9. The minimum atomic E-state index is -0.210. The minimum Gasteiger partial charge on any atom is -0.355 e. The van der Waals surface area contributed by atoms with Crippen molar-refractivity contribution < 1.29 is 4.79 Å². The van der Waals surface area contributed by atoms with Crippen molar-refractivity contribution in [1.82, 2.24) is 25.9 Å². The van der Waals surface area contributed by atoms with E-state index in [0.29, 0.717) is 24.8 Å². The molecule has 0 saturated heterocycles. The van der Waals surface area contributed by atoms with E-state index in [0.717, 1.165) is 17.8 Å². The largest absolute Gasteiger partial charge is 0.355 e. The quantitative estimate of drug-likeness (QED) is 0.424. The van der Waals surface area contributed by atoms with E-state index in [1.807, 2.05) is 0 Å². The second-order valence-corrected chi connectivity index (χ2v) is 7.30. The first-order valence-corrected chi connectivity index (χ1v) is 9.77. The van der Waals surface area contributed by atoms with Crippen molar-refractivity contribution in [2.75, 3.05) is 20.1 Å². The van der Waals surface area contributed by atoms with Gasteiger partial charge in [-0.1, -0.05) is 25.7 Å². The number of aliphatic imine (C=N–C) groups is 1. The molecule has 1 aromatic rings. The molecule has 2 aliphatic carbocycles. The van der Waals surface area contributed by atoms with E-state index in [1.54, 1.807) is 13.2 Å². The fourth-order valence-corrected chi connectivity index (χ4v) is 4.26. The molecule has 26 heavy (non-hydrogen) atoms. The maximum Gasteiger partial charge on any atom is 0.271 e. The van der Waals surface area contributed by atoms with Gasteiger partial charge in [-0.3, -0.25) is 14.8 Å². The maximum absolute atomic E-state index is 11.9. The van der Waals surface area contributed by atoms with Gasteiger partial charge in [0.25, 0.3) is 5.91 Å². The Morgan fingerprint density at radius 1 is 1.12 bits per heavy atom. The fraction of sp³-hybridized carbons (Fsp3) is 0.684. The Labute approximate surface area is 155 Å². The van der Waals surface area contributed by atoms with Crippen LogP contribution in [0.25, 0.3) is 0 Å². The zero-order chi connectivity index (χ0) is 18.2. The molecule has 3 rings (SSSR count). The van der Waals surface area contributed by atoms with Gasteiger partial charge in [-0.05, 0) is 31.1 Å². The van der Waals surface area contributed by atoms with Gasteiger partial charge < -0.3 is 16.0 Å². The van der Waals surface area contributed by atoms with E-state index in [9.17, 15) is 4.79 Å². The molecule has 2 fully saturated rings. The van der Waals surface area contributed by atoms with Gasteiger partial charge in [0.1, 0.15) is 5.69 Å². The molecule has 1 amide bonds. The van der Waals surface area contributed by atoms with Crippen LogP contribution >= 0.6 is 0 Å². The van der Waals surface area contributed by atoms with E-state index in [1.165, 1.54) is 57.3 Å². The topological polar surface area (TPSA) is 91.3 Å². The molecule has 0 aromatic carbocycles. The van der Waals surface area contributed by atoms with Gasteiger partial charge in [0.15, 0.2) is 5.96 Å². The van der Waals surface area contributed by atoms with E-state index in [2.05, 4.69) is 30.9 Å². The van der Waals surface area contributed by atoms with Gasteiger partial charge in [-0.2, -0.15) is 0 Å². The smallest absolute Gasteiger partial charge is 0.271 e. The average Bonchev–Trinajstić information content (AvgIpc) is 2.70. The Morgan fingerprint density at radius 2 is 1.92 bits per heavy atom. The van der Waals surface area contributed by atoms with Crippen molar-refractivity contribution in [3.63, 3.8) is 0 Å². The molecule has 142 valence electrons. The number of rotatable bonds is 5. The molecule has 0 radical (unpaired) electrons. The van der Waals surface area contributed by atoms with Gasteiger partial charge in [-0.25, -0.2) is 4.98 Å². The Kier molecular flexibility index (Phi) is 6.80. The Hall–Kier alpha value is -2.18. The third-order valence-electron chi connectivity index (χ3n) is 5.60. The molecule has 0 bridgehead atoms. The molecule has 3 N–H and O–H groups in total. The summed E-state index contributed by atoms with van der Waals surface area (Å²) in [5.41, 5.74) is 0.333. The second kappa shape index (κ2) is 9.50. The van der Waals surface area contributed by atoms with Crippen molar-refractivity contribution in [3.05, 3.63) is 24.3 Å². The Bertz CT molecular complexity index is 605. The molecule has 7 heteroatoms. The summed E-state index contributed by atoms with van der Waals surface area (Å²) >= 11 is 0. The normalized spacial score (nSPS) is 25.9. The summed E-state index contributed by atoms with van der Waals surface area (Å²) in [6.07, 6.45) is 14.0. The van der Waals surface area contributed by atoms with Crippen LogP contribution in [0, 0.1) is 11.8 Å². The molecule has 0 aliphatic heterocycles. The van der Waals surface area contributed by atoms with Crippen molar-refractivity contribution in [1.29, 1.82) is 0 Å². The van der Waals surface area contributed by atoms with Crippen LogP contribution in [0.3, 0.4) is 0 Å². The number of fused-ring (bicyclic) bond motifs is 1. The second-order valence-electron chi connectivity index (χ2n) is 7.30. The molecule has 3 unspecified atom stereocenters. The van der Waals surface area contributed by atoms with Gasteiger partial charge in [0.2, 0.25) is 0 Å². The van der Waals surface area contributed by atoms with Crippen LogP contribution in [0.4, 0.5) is 0 Å². The Balaban J connectivity index is 1.36. The van der Waals surface area contributed by atoms with Crippen molar-refractivity contribution in [2.24, 2.45) is 16.8 Å². The predicted octanol–water partition coefficient (Wildman–Crippen LogP) is 1.73. The zero-order valence-electron chi connectivity index (χ0n) is 15.6. The van der Waals surface area contributed by atoms with E-state index in [4.69, 9.17) is 0 Å². The van der Waals surface area contributed by atoms with Crippen molar-refractivity contribution >= 4 is 11.9 Å². The fourth-order valence-electron chi connectivity index (χ4n) is 4.26. The third-order valence-corrected chi connectivity index (χ3v) is 5.60. The van der Waals surface area contributed by atoms with Crippen LogP contribution in [0.1, 0.15) is 55.4 Å². The lowest BCUT2D eigenvalue weighted by atomic mass is 9.69. The SMILES string of the molecule is CN=C(NCCNC(=O)c1cnccn1)NC1CCC2CCCCC2C1. The summed E-state index contributed by atoms with van der Waals surface area (Å²) in [5.74, 6) is 2.45. The summed E-state index contributed by atoms with van der Waals surface area (Å²) in [6.45, 7) is 1.12. The lowest BCUT2D eigenvalue weighted by molar-refractivity contribution is 0.0949. The summed E-state index contributed by atoms with van der Waals surface area (Å²) in [5, 5.41) is 9.68. The number of hydrogen-bond acceptors (Lipinski definition) is 4. The molecule has 2 aliphatic rings. The number of carbonyl (C=O) groups is 1. The third kappa shape index (κ3) is 5.16. The summed E-state index contributed by atoms with van der Waals surface area (Å²) in [6, 6.07) is 0.509. The molecule has 3 atom stereocenters. The highest BCUT2D eigenvalue weighted by atomic mass is 16.1. The molecule has 0 spiro atoms. The average molecular weight is 358 g/mol. The van der Waals surface area contributed by atoms with Crippen molar-refractivity contribution in [3.8, 4) is 0 Å². The van der Waals surface area contributed by atoms with Gasteiger partial charge in [0.05, 0.1) is 6.20 Å². The number of nitrogens with zero attached hydrogens (tertiary/aromatic N) is 3. The first-order chi connectivity index (χ1) is 12.8. The monoisotopic (exact) mass is 358 g/mol. The lowest BCUT2D eigenvalue weighted by Crippen LogP contribution is -2.48. The number of guanidine groups is 1. The van der Waals surface area contributed by atoms with Gasteiger partial charge in [0, 0.05) is 38.6 Å². The number of aromatic nitrogens is 2. The van der Waals surface area contributed by atoms with Gasteiger partial charge in [-0.15, -0.1) is 0 Å². The highest BCUT2D eigenvalue weighted by Gasteiger charge is 2.32. The van der Waals surface area contributed by atoms with Crippen LogP contribution in [0.5, 0.6) is 0 Å². The summed E-state index contributed by atoms with van der Waals surface area (Å²) in [7, 11) is 1.79. The standard InChI is InChI=1S/C19H30N6O/c1-20-19(24-11-10-23-18(26)17-13-21-8-9-22-17)25-16-7-6-14-4-2-3-5-15(14)12-16/h8-9,13-16H,2-7,10-12H2,1H3,(H,23,26)(H2,20,24,25). The molecule has 1 aromatic heterocycles. The Morgan fingerprint density at radius 3 is 2.69 bits per heavy atom. The number of carbonyl (C=O) groups excluding carboxylic acids is 1. The van der Waals surface area contributed by atoms with E-state index in [-0.39, 0.29) is 5.91 Å². The minimum absolute atomic E-state index is 0.210. The van der Waals surface area contributed by atoms with Crippen LogP contribution < -0.4 is 16.0 Å². The molecule has 7 nitrogen and oxygen atoms in total. The van der Waals surface area contributed by atoms with Gasteiger partial charge >= 0.3 is 0 Å². The summed E-state index contributed by atoms with van der Waals surface area (Å²) < 4.78 is 0. The zero-order valence-corrected chi connectivity index (χ0v) is 15.6. The molecular weight excluding hydrogens is 328 g/mol. The first-order valence-electron chi connectivity index (χ1n) is 9.77. The first kappa shape index (κ1) is 18.6. The van der Waals surface area contributed by atoms with Crippen LogP contribution in [-0.2, 0) is 0 Å². The lowest BCUT2D eigenvalue weighted by Gasteiger charge is -2.39.